The van der Waals surface area contributed by atoms with E-state index in [0.717, 1.165) is 14.5 Å². The molecule has 0 aliphatic rings. The highest BCUT2D eigenvalue weighted by Crippen LogP contribution is 2.27. The summed E-state index contributed by atoms with van der Waals surface area (Å²) in [4.78, 5) is 8.64. The number of hydrogen-bond donors (Lipinski definition) is 0. The first-order valence-electron chi connectivity index (χ1n) is 5.94. The van der Waals surface area contributed by atoms with Crippen molar-refractivity contribution in [3.05, 3.63) is 56.5 Å². The maximum absolute atomic E-state index is 13.9. The van der Waals surface area contributed by atoms with E-state index < -0.39 is 0 Å². The van der Waals surface area contributed by atoms with Gasteiger partial charge in [-0.05, 0) is 59.8 Å². The van der Waals surface area contributed by atoms with Gasteiger partial charge in [0, 0.05) is 8.96 Å². The molecule has 0 aliphatic carbocycles. The summed E-state index contributed by atoms with van der Waals surface area (Å²) in [5.41, 5.74) is 2.03. The molecule has 0 aliphatic heterocycles. The molecule has 3 aromatic rings. The van der Waals surface area contributed by atoms with Crippen molar-refractivity contribution in [3.8, 4) is 11.4 Å². The molecule has 100 valence electrons. The van der Waals surface area contributed by atoms with Crippen molar-refractivity contribution in [1.29, 1.82) is 0 Å². The van der Waals surface area contributed by atoms with Crippen LogP contribution >= 0.6 is 34.2 Å². The van der Waals surface area contributed by atoms with Crippen molar-refractivity contribution in [2.45, 2.75) is 6.92 Å². The molecular formula is C15H9ClFIN2. The van der Waals surface area contributed by atoms with Gasteiger partial charge in [-0.2, -0.15) is 0 Å². The number of hydrogen-bond acceptors (Lipinski definition) is 2. The second-order valence-electron chi connectivity index (χ2n) is 4.48. The van der Waals surface area contributed by atoms with Crippen LogP contribution in [0.1, 0.15) is 5.56 Å². The van der Waals surface area contributed by atoms with Crippen LogP contribution in [0, 0.1) is 16.3 Å². The molecule has 0 N–H and O–H groups in total. The molecule has 2 nitrogen and oxygen atoms in total. The van der Waals surface area contributed by atoms with Crippen molar-refractivity contribution >= 4 is 45.1 Å². The van der Waals surface area contributed by atoms with Gasteiger partial charge in [0.15, 0.2) is 5.82 Å². The highest BCUT2D eigenvalue weighted by atomic mass is 127. The van der Waals surface area contributed by atoms with E-state index >= 15 is 0 Å². The van der Waals surface area contributed by atoms with E-state index in [1.165, 1.54) is 6.07 Å². The molecule has 1 aromatic heterocycles. The van der Waals surface area contributed by atoms with E-state index in [1.54, 1.807) is 12.1 Å². The van der Waals surface area contributed by atoms with Gasteiger partial charge in [-0.3, -0.25) is 0 Å². The molecule has 0 fully saturated rings. The fraction of sp³-hybridized carbons (Fsp3) is 0.0667. The number of rotatable bonds is 1. The zero-order chi connectivity index (χ0) is 14.3. The molecule has 0 bridgehead atoms. The van der Waals surface area contributed by atoms with Crippen LogP contribution in [0.4, 0.5) is 4.39 Å². The fourth-order valence-electron chi connectivity index (χ4n) is 1.99. The van der Waals surface area contributed by atoms with Gasteiger partial charge in [0.05, 0.1) is 11.1 Å². The molecule has 1 heterocycles. The van der Waals surface area contributed by atoms with Gasteiger partial charge in [0.2, 0.25) is 0 Å². The molecule has 0 radical (unpaired) electrons. The van der Waals surface area contributed by atoms with Crippen LogP contribution in [-0.2, 0) is 0 Å². The van der Waals surface area contributed by atoms with Crippen molar-refractivity contribution in [2.75, 3.05) is 0 Å². The Kier molecular flexibility index (Phi) is 3.60. The molecule has 0 spiro atoms. The highest BCUT2D eigenvalue weighted by Gasteiger charge is 2.12. The Bertz CT molecular complexity index is 820. The Morgan fingerprint density at radius 3 is 2.70 bits per heavy atom. The third-order valence-corrected chi connectivity index (χ3v) is 3.93. The topological polar surface area (TPSA) is 25.8 Å². The summed E-state index contributed by atoms with van der Waals surface area (Å²) in [5.74, 6) is -0.0403. The predicted octanol–water partition coefficient (Wildman–Crippen LogP) is 5.00. The molecule has 0 atom stereocenters. The van der Waals surface area contributed by atoms with E-state index in [9.17, 15) is 4.39 Å². The number of aromatic nitrogens is 2. The Hall–Kier alpha value is -1.27. The Morgan fingerprint density at radius 1 is 1.10 bits per heavy atom. The quantitative estimate of drug-likeness (QED) is 0.426. The molecule has 0 unspecified atom stereocenters. The zero-order valence-electron chi connectivity index (χ0n) is 10.5. The summed E-state index contributed by atoms with van der Waals surface area (Å²) in [6.07, 6.45) is 0. The van der Waals surface area contributed by atoms with E-state index in [-0.39, 0.29) is 5.82 Å². The van der Waals surface area contributed by atoms with Gasteiger partial charge in [-0.25, -0.2) is 14.4 Å². The normalized spacial score (nSPS) is 11.0. The van der Waals surface area contributed by atoms with Crippen molar-refractivity contribution in [1.82, 2.24) is 9.97 Å². The molecule has 3 rings (SSSR count). The van der Waals surface area contributed by atoms with Crippen molar-refractivity contribution in [3.63, 3.8) is 0 Å². The Morgan fingerprint density at radius 2 is 1.90 bits per heavy atom. The highest BCUT2D eigenvalue weighted by molar-refractivity contribution is 14.1. The number of benzene rings is 2. The molecule has 20 heavy (non-hydrogen) atoms. The van der Waals surface area contributed by atoms with Gasteiger partial charge >= 0.3 is 0 Å². The fourth-order valence-corrected chi connectivity index (χ4v) is 2.72. The summed E-state index contributed by atoms with van der Waals surface area (Å²) >= 11 is 8.40. The van der Waals surface area contributed by atoms with Gasteiger partial charge in [0.25, 0.3) is 0 Å². The first kappa shape index (κ1) is 13.7. The van der Waals surface area contributed by atoms with Crippen LogP contribution < -0.4 is 0 Å². The van der Waals surface area contributed by atoms with E-state index in [2.05, 4.69) is 32.6 Å². The van der Waals surface area contributed by atoms with Gasteiger partial charge in [0.1, 0.15) is 11.0 Å². The lowest BCUT2D eigenvalue weighted by atomic mass is 10.1. The monoisotopic (exact) mass is 398 g/mol. The van der Waals surface area contributed by atoms with Gasteiger partial charge in [-0.1, -0.05) is 23.2 Å². The second kappa shape index (κ2) is 5.26. The van der Waals surface area contributed by atoms with Crippen LogP contribution in [0.2, 0.25) is 5.15 Å². The lowest BCUT2D eigenvalue weighted by molar-refractivity contribution is 0.629. The average Bonchev–Trinajstić information content (AvgIpc) is 2.42. The zero-order valence-corrected chi connectivity index (χ0v) is 13.4. The van der Waals surface area contributed by atoms with Crippen LogP contribution in [0.15, 0.2) is 36.4 Å². The second-order valence-corrected chi connectivity index (χ2v) is 6.09. The van der Waals surface area contributed by atoms with Crippen LogP contribution in [0.5, 0.6) is 0 Å². The summed E-state index contributed by atoms with van der Waals surface area (Å²) in [6, 6.07) is 10.6. The number of nitrogens with zero attached hydrogens (tertiary/aromatic N) is 2. The largest absolute Gasteiger partial charge is 0.228 e. The third kappa shape index (κ3) is 2.50. The molecule has 0 saturated heterocycles. The SMILES string of the molecule is Cc1ccc(F)c(-c2nc(Cl)c3cc(I)ccc3n2)c1. The molecule has 0 amide bonds. The van der Waals surface area contributed by atoms with Crippen LogP contribution in [0.25, 0.3) is 22.3 Å². The number of fused-ring (bicyclic) bond motifs is 1. The standard InChI is InChI=1S/C15H9ClFIN2/c1-8-2-4-12(17)10(6-8)15-19-13-5-3-9(18)7-11(13)14(16)20-15/h2-7H,1H3. The van der Waals surface area contributed by atoms with E-state index in [1.807, 2.05) is 25.1 Å². The molecule has 0 saturated carbocycles. The predicted molar refractivity (Wildman–Crippen MR) is 87.4 cm³/mol. The van der Waals surface area contributed by atoms with Crippen molar-refractivity contribution in [2.24, 2.45) is 0 Å². The smallest absolute Gasteiger partial charge is 0.164 e. The summed E-state index contributed by atoms with van der Waals surface area (Å²) in [6.45, 7) is 1.90. The minimum Gasteiger partial charge on any atom is -0.228 e. The van der Waals surface area contributed by atoms with Gasteiger partial charge in [-0.15, -0.1) is 0 Å². The van der Waals surface area contributed by atoms with E-state index in [0.29, 0.717) is 22.1 Å². The Balaban J connectivity index is 2.27. The maximum Gasteiger partial charge on any atom is 0.164 e. The number of aryl methyl sites for hydroxylation is 1. The average molecular weight is 399 g/mol. The van der Waals surface area contributed by atoms with Gasteiger partial charge < -0.3 is 0 Å². The lowest BCUT2D eigenvalue weighted by Crippen LogP contribution is -1.95. The first-order chi connectivity index (χ1) is 9.54. The molecular weight excluding hydrogens is 390 g/mol. The van der Waals surface area contributed by atoms with Crippen LogP contribution in [0.3, 0.4) is 0 Å². The maximum atomic E-state index is 13.9. The summed E-state index contributed by atoms with van der Waals surface area (Å²) in [7, 11) is 0. The first-order valence-corrected chi connectivity index (χ1v) is 7.39. The van der Waals surface area contributed by atoms with Crippen molar-refractivity contribution < 1.29 is 4.39 Å². The van der Waals surface area contributed by atoms with E-state index in [4.69, 9.17) is 11.6 Å². The van der Waals surface area contributed by atoms with Crippen LogP contribution in [-0.4, -0.2) is 9.97 Å². The summed E-state index contributed by atoms with van der Waals surface area (Å²) < 4.78 is 15.0. The third-order valence-electron chi connectivity index (χ3n) is 2.97. The number of halogens is 3. The lowest BCUT2D eigenvalue weighted by Gasteiger charge is -2.07. The minimum absolute atomic E-state index is 0.310. The Labute approximate surface area is 134 Å². The molecule has 2 aromatic carbocycles. The summed E-state index contributed by atoms with van der Waals surface area (Å²) in [5, 5.41) is 1.11. The minimum atomic E-state index is -0.350. The molecule has 5 heteroatoms.